The molecular weight excluding hydrogens is 280 g/mol. The molecular formula is C14H19ClN2OS. The van der Waals surface area contributed by atoms with Gasteiger partial charge in [-0.15, -0.1) is 0 Å². The maximum absolute atomic E-state index is 11.0. The second-order valence-corrected chi connectivity index (χ2v) is 6.61. The number of halogens is 1. The topological polar surface area (TPSA) is 55.1 Å². The molecule has 0 spiro atoms. The predicted octanol–water partition coefficient (Wildman–Crippen LogP) is 2.81. The molecule has 1 aliphatic rings. The van der Waals surface area contributed by atoms with Crippen LogP contribution in [0.2, 0.25) is 5.02 Å². The van der Waals surface area contributed by atoms with E-state index in [0.29, 0.717) is 10.6 Å². The quantitative estimate of drug-likeness (QED) is 0.879. The van der Waals surface area contributed by atoms with Gasteiger partial charge in [0.15, 0.2) is 0 Å². The molecule has 1 fully saturated rings. The highest BCUT2D eigenvalue weighted by Crippen LogP contribution is 2.24. The first-order valence-electron chi connectivity index (χ1n) is 6.57. The highest BCUT2D eigenvalue weighted by atomic mass is 35.5. The van der Waals surface area contributed by atoms with E-state index in [2.05, 4.69) is 17.1 Å². The molecule has 1 heterocycles. The van der Waals surface area contributed by atoms with Crippen molar-refractivity contribution in [1.29, 1.82) is 0 Å². The zero-order chi connectivity index (χ0) is 13.7. The molecule has 1 aliphatic heterocycles. The molecule has 0 aliphatic carbocycles. The number of nitrogens with one attached hydrogen (secondary N) is 1. The van der Waals surface area contributed by atoms with Crippen LogP contribution in [0.1, 0.15) is 35.2 Å². The summed E-state index contributed by atoms with van der Waals surface area (Å²) in [6.07, 6.45) is 3.99. The fraction of sp³-hybridized carbons (Fsp3) is 0.500. The third kappa shape index (κ3) is 4.41. The van der Waals surface area contributed by atoms with E-state index >= 15 is 0 Å². The number of benzene rings is 1. The lowest BCUT2D eigenvalue weighted by Gasteiger charge is -2.21. The van der Waals surface area contributed by atoms with Gasteiger partial charge in [-0.25, -0.2) is 0 Å². The van der Waals surface area contributed by atoms with E-state index in [9.17, 15) is 4.79 Å². The Morgan fingerprint density at radius 2 is 2.32 bits per heavy atom. The molecule has 1 aromatic carbocycles. The van der Waals surface area contributed by atoms with Crippen molar-refractivity contribution < 1.29 is 4.79 Å². The van der Waals surface area contributed by atoms with E-state index in [-0.39, 0.29) is 0 Å². The third-order valence-electron chi connectivity index (χ3n) is 3.30. The summed E-state index contributed by atoms with van der Waals surface area (Å²) in [5.74, 6) is 0.834. The van der Waals surface area contributed by atoms with Gasteiger partial charge in [0, 0.05) is 28.9 Å². The summed E-state index contributed by atoms with van der Waals surface area (Å²) in [5, 5.41) is 4.76. The fourth-order valence-corrected chi connectivity index (χ4v) is 3.70. The summed E-state index contributed by atoms with van der Waals surface area (Å²) < 4.78 is 0. The van der Waals surface area contributed by atoms with E-state index in [4.69, 9.17) is 17.3 Å². The van der Waals surface area contributed by atoms with E-state index in [1.54, 1.807) is 12.1 Å². The zero-order valence-electron chi connectivity index (χ0n) is 10.8. The summed E-state index contributed by atoms with van der Waals surface area (Å²) in [7, 11) is 0. The van der Waals surface area contributed by atoms with Gasteiger partial charge in [-0.1, -0.05) is 24.1 Å². The first-order chi connectivity index (χ1) is 9.16. The summed E-state index contributed by atoms with van der Waals surface area (Å²) in [6.45, 7) is 1.74. The molecule has 19 heavy (non-hydrogen) atoms. The van der Waals surface area contributed by atoms with Gasteiger partial charge in [-0.2, -0.15) is 11.8 Å². The normalized spacial score (nSPS) is 19.3. The number of primary amides is 1. The number of carbonyl (C=O) groups excluding carboxylic acids is 1. The molecule has 3 N–H and O–H groups in total. The van der Waals surface area contributed by atoms with Crippen LogP contribution in [0.4, 0.5) is 0 Å². The van der Waals surface area contributed by atoms with E-state index in [1.807, 2.05) is 6.07 Å². The summed E-state index contributed by atoms with van der Waals surface area (Å²) in [4.78, 5) is 11.0. The SMILES string of the molecule is NC(=O)c1ccc(CNCC2CCCCS2)c(Cl)c1. The average Bonchev–Trinajstić information content (AvgIpc) is 2.41. The number of nitrogens with two attached hydrogens (primary N) is 1. The van der Waals surface area contributed by atoms with Crippen LogP contribution < -0.4 is 11.1 Å². The van der Waals surface area contributed by atoms with Crippen LogP contribution in [0.25, 0.3) is 0 Å². The highest BCUT2D eigenvalue weighted by Gasteiger charge is 2.13. The van der Waals surface area contributed by atoms with Crippen molar-refractivity contribution in [2.24, 2.45) is 5.73 Å². The molecule has 1 aromatic rings. The molecule has 0 aromatic heterocycles. The van der Waals surface area contributed by atoms with Crippen LogP contribution in [-0.2, 0) is 6.54 Å². The molecule has 1 unspecified atom stereocenters. The minimum atomic E-state index is -0.444. The molecule has 3 nitrogen and oxygen atoms in total. The van der Waals surface area contributed by atoms with E-state index in [0.717, 1.165) is 23.9 Å². The van der Waals surface area contributed by atoms with Crippen LogP contribution >= 0.6 is 23.4 Å². The highest BCUT2D eigenvalue weighted by molar-refractivity contribution is 7.99. The largest absolute Gasteiger partial charge is 0.366 e. The van der Waals surface area contributed by atoms with Crippen molar-refractivity contribution in [2.45, 2.75) is 31.1 Å². The van der Waals surface area contributed by atoms with Crippen molar-refractivity contribution in [3.63, 3.8) is 0 Å². The van der Waals surface area contributed by atoms with Gasteiger partial charge >= 0.3 is 0 Å². The number of carbonyl (C=O) groups is 1. The van der Waals surface area contributed by atoms with Crippen LogP contribution in [0.3, 0.4) is 0 Å². The number of thioether (sulfide) groups is 1. The Hall–Kier alpha value is -0.710. The van der Waals surface area contributed by atoms with Gasteiger partial charge in [0.2, 0.25) is 5.91 Å². The summed E-state index contributed by atoms with van der Waals surface area (Å²) in [5.41, 5.74) is 6.68. The summed E-state index contributed by atoms with van der Waals surface area (Å²) in [6, 6.07) is 5.22. The number of hydrogen-bond acceptors (Lipinski definition) is 3. The molecule has 2 rings (SSSR count). The monoisotopic (exact) mass is 298 g/mol. The number of hydrogen-bond donors (Lipinski definition) is 2. The molecule has 1 saturated heterocycles. The maximum Gasteiger partial charge on any atom is 0.248 e. The van der Waals surface area contributed by atoms with Gasteiger partial charge in [-0.05, 0) is 36.3 Å². The molecule has 0 bridgehead atoms. The van der Waals surface area contributed by atoms with Crippen molar-refractivity contribution in [3.05, 3.63) is 34.3 Å². The molecule has 1 atom stereocenters. The van der Waals surface area contributed by atoms with Crippen molar-refractivity contribution in [1.82, 2.24) is 5.32 Å². The molecule has 0 saturated carbocycles. The summed E-state index contributed by atoms with van der Waals surface area (Å²) >= 11 is 8.19. The minimum Gasteiger partial charge on any atom is -0.366 e. The van der Waals surface area contributed by atoms with Gasteiger partial charge < -0.3 is 11.1 Å². The van der Waals surface area contributed by atoms with Crippen LogP contribution in [0.5, 0.6) is 0 Å². The molecule has 0 radical (unpaired) electrons. The van der Waals surface area contributed by atoms with Crippen molar-refractivity contribution >= 4 is 29.3 Å². The van der Waals surface area contributed by atoms with Crippen LogP contribution in [0, 0.1) is 0 Å². The van der Waals surface area contributed by atoms with Gasteiger partial charge in [0.1, 0.15) is 0 Å². The Bertz CT molecular complexity index is 447. The Kier molecular flexibility index (Phi) is 5.55. The Morgan fingerprint density at radius 3 is 2.95 bits per heavy atom. The second kappa shape index (κ2) is 7.17. The predicted molar refractivity (Wildman–Crippen MR) is 81.8 cm³/mol. The maximum atomic E-state index is 11.0. The van der Waals surface area contributed by atoms with Crippen LogP contribution in [-0.4, -0.2) is 23.5 Å². The Balaban J connectivity index is 1.83. The van der Waals surface area contributed by atoms with E-state index < -0.39 is 5.91 Å². The fourth-order valence-electron chi connectivity index (χ4n) is 2.18. The van der Waals surface area contributed by atoms with Gasteiger partial charge in [0.25, 0.3) is 0 Å². The number of amides is 1. The molecule has 5 heteroatoms. The van der Waals surface area contributed by atoms with Crippen molar-refractivity contribution in [3.8, 4) is 0 Å². The Morgan fingerprint density at radius 1 is 1.47 bits per heavy atom. The molecule has 1 amide bonds. The zero-order valence-corrected chi connectivity index (χ0v) is 12.4. The Labute approximate surface area is 123 Å². The lowest BCUT2D eigenvalue weighted by atomic mass is 10.1. The smallest absolute Gasteiger partial charge is 0.248 e. The second-order valence-electron chi connectivity index (χ2n) is 4.79. The first-order valence-corrected chi connectivity index (χ1v) is 8.00. The minimum absolute atomic E-state index is 0.444. The number of rotatable bonds is 5. The van der Waals surface area contributed by atoms with Gasteiger partial charge in [-0.3, -0.25) is 4.79 Å². The van der Waals surface area contributed by atoms with E-state index in [1.165, 1.54) is 25.0 Å². The molecule has 104 valence electrons. The average molecular weight is 299 g/mol. The van der Waals surface area contributed by atoms with Gasteiger partial charge in [0.05, 0.1) is 0 Å². The van der Waals surface area contributed by atoms with Crippen molar-refractivity contribution in [2.75, 3.05) is 12.3 Å². The first kappa shape index (κ1) is 14.7. The lowest BCUT2D eigenvalue weighted by molar-refractivity contribution is 0.100. The lowest BCUT2D eigenvalue weighted by Crippen LogP contribution is -2.26. The standard InChI is InChI=1S/C14H19ClN2OS/c15-13-7-10(14(16)18)4-5-11(13)8-17-9-12-3-1-2-6-19-12/h4-5,7,12,17H,1-3,6,8-9H2,(H2,16,18). The van der Waals surface area contributed by atoms with Crippen LogP contribution in [0.15, 0.2) is 18.2 Å². The third-order valence-corrected chi connectivity index (χ3v) is 5.05.